The average Bonchev–Trinajstić information content (AvgIpc) is 3.30. The molecule has 0 unspecified atom stereocenters. The number of aromatic nitrogens is 2. The lowest BCUT2D eigenvalue weighted by Gasteiger charge is -2.25. The second-order valence-corrected chi connectivity index (χ2v) is 6.55. The van der Waals surface area contributed by atoms with E-state index >= 15 is 0 Å². The summed E-state index contributed by atoms with van der Waals surface area (Å²) >= 11 is 0. The number of halogens is 1. The number of nitrogens with zero attached hydrogens (tertiary/aromatic N) is 2. The second kappa shape index (κ2) is 7.25. The van der Waals surface area contributed by atoms with E-state index in [1.807, 2.05) is 18.2 Å². The highest BCUT2D eigenvalue weighted by atomic mass is 19.1. The van der Waals surface area contributed by atoms with E-state index in [0.717, 1.165) is 30.4 Å². The van der Waals surface area contributed by atoms with Crippen molar-refractivity contribution in [2.45, 2.75) is 25.5 Å². The number of fused-ring (bicyclic) bond motifs is 1. The molecule has 1 aromatic carbocycles. The van der Waals surface area contributed by atoms with Crippen molar-refractivity contribution in [3.05, 3.63) is 65.7 Å². The zero-order valence-corrected chi connectivity index (χ0v) is 14.3. The Kier molecular flexibility index (Phi) is 4.67. The minimum absolute atomic E-state index is 0.0239. The van der Waals surface area contributed by atoms with Crippen LogP contribution in [0.15, 0.2) is 48.8 Å². The lowest BCUT2D eigenvalue weighted by molar-refractivity contribution is 0.0508. The molecule has 3 aromatic rings. The predicted octanol–water partition coefficient (Wildman–Crippen LogP) is 3.52. The molecule has 1 saturated heterocycles. The number of ether oxygens (including phenoxy) is 1. The van der Waals surface area contributed by atoms with Gasteiger partial charge in [-0.05, 0) is 42.7 Å². The summed E-state index contributed by atoms with van der Waals surface area (Å²) < 4.78 is 19.3. The summed E-state index contributed by atoms with van der Waals surface area (Å²) in [5.41, 5.74) is 2.01. The van der Waals surface area contributed by atoms with Crippen LogP contribution in [0.4, 0.5) is 4.39 Å². The van der Waals surface area contributed by atoms with Gasteiger partial charge in [-0.1, -0.05) is 12.1 Å². The van der Waals surface area contributed by atoms with Crippen LogP contribution in [0.1, 0.15) is 28.8 Å². The molecule has 4 rings (SSSR count). The van der Waals surface area contributed by atoms with Crippen LogP contribution in [-0.2, 0) is 11.3 Å². The van der Waals surface area contributed by atoms with Crippen molar-refractivity contribution in [3.8, 4) is 0 Å². The van der Waals surface area contributed by atoms with Crippen molar-refractivity contribution in [3.63, 3.8) is 0 Å². The summed E-state index contributed by atoms with van der Waals surface area (Å²) in [4.78, 5) is 22.2. The fraction of sp³-hybridized carbons (Fsp3) is 0.300. The maximum Gasteiger partial charge on any atom is 0.256 e. The van der Waals surface area contributed by atoms with Gasteiger partial charge in [0.1, 0.15) is 11.5 Å². The average molecular weight is 353 g/mol. The number of hydrogen-bond acceptors (Lipinski definition) is 3. The van der Waals surface area contributed by atoms with Crippen molar-refractivity contribution < 1.29 is 13.9 Å². The number of hydrogen-bond donors (Lipinski definition) is 1. The minimum atomic E-state index is -0.302. The molecule has 0 saturated carbocycles. The normalized spacial score (nSPS) is 16.9. The number of amides is 1. The van der Waals surface area contributed by atoms with Crippen molar-refractivity contribution in [2.24, 2.45) is 0 Å². The highest BCUT2D eigenvalue weighted by Crippen LogP contribution is 2.21. The number of carbonyl (C=O) groups excluding carboxylic acids is 1. The van der Waals surface area contributed by atoms with Crippen LogP contribution in [-0.4, -0.2) is 40.0 Å². The molecule has 0 radical (unpaired) electrons. The largest absolute Gasteiger partial charge is 0.376 e. The summed E-state index contributed by atoms with van der Waals surface area (Å²) in [6, 6.07) is 10.0. The fourth-order valence-electron chi connectivity index (χ4n) is 3.41. The van der Waals surface area contributed by atoms with E-state index in [1.165, 1.54) is 12.1 Å². The van der Waals surface area contributed by atoms with Crippen LogP contribution in [0.5, 0.6) is 0 Å². The molecule has 26 heavy (non-hydrogen) atoms. The van der Waals surface area contributed by atoms with Gasteiger partial charge in [-0.15, -0.1) is 0 Å². The van der Waals surface area contributed by atoms with Crippen molar-refractivity contribution in [1.29, 1.82) is 0 Å². The third-order valence-corrected chi connectivity index (χ3v) is 4.68. The lowest BCUT2D eigenvalue weighted by atomic mass is 10.1. The van der Waals surface area contributed by atoms with E-state index < -0.39 is 0 Å². The number of carbonyl (C=O) groups is 1. The van der Waals surface area contributed by atoms with E-state index in [9.17, 15) is 9.18 Å². The molecular weight excluding hydrogens is 333 g/mol. The van der Waals surface area contributed by atoms with Gasteiger partial charge in [-0.25, -0.2) is 9.37 Å². The van der Waals surface area contributed by atoms with Gasteiger partial charge in [0.15, 0.2) is 0 Å². The third-order valence-electron chi connectivity index (χ3n) is 4.68. The number of nitrogens with one attached hydrogen (secondary N) is 1. The molecule has 5 nitrogen and oxygen atoms in total. The number of rotatable bonds is 5. The molecule has 1 aliphatic rings. The van der Waals surface area contributed by atoms with E-state index in [4.69, 9.17) is 4.74 Å². The predicted molar refractivity (Wildman–Crippen MR) is 96.2 cm³/mol. The summed E-state index contributed by atoms with van der Waals surface area (Å²) in [7, 11) is 0. The van der Waals surface area contributed by atoms with Crippen LogP contribution in [0.25, 0.3) is 11.0 Å². The molecule has 1 N–H and O–H groups in total. The Balaban J connectivity index is 1.63. The Bertz CT molecular complexity index is 918. The number of pyridine rings is 1. The molecule has 0 spiro atoms. The third kappa shape index (κ3) is 3.46. The summed E-state index contributed by atoms with van der Waals surface area (Å²) in [6.07, 6.45) is 5.33. The smallest absolute Gasteiger partial charge is 0.256 e. The standard InChI is InChI=1S/C20H20FN3O2/c21-15-5-1-4-14(10-15)12-24(13-16-6-3-9-26-16)20(25)18-11-23-19-17(18)7-2-8-22-19/h1-2,4-5,7-8,10-11,16H,3,6,9,12-13H2,(H,22,23)/t16-/m0/s1. The maximum atomic E-state index is 13.6. The van der Waals surface area contributed by atoms with Gasteiger partial charge in [-0.3, -0.25) is 4.79 Å². The van der Waals surface area contributed by atoms with Gasteiger partial charge >= 0.3 is 0 Å². The van der Waals surface area contributed by atoms with Gasteiger partial charge in [0.05, 0.1) is 11.7 Å². The first kappa shape index (κ1) is 16.7. The molecule has 6 heteroatoms. The molecule has 1 fully saturated rings. The van der Waals surface area contributed by atoms with Gasteiger partial charge in [0, 0.05) is 37.5 Å². The van der Waals surface area contributed by atoms with Crippen molar-refractivity contribution in [1.82, 2.24) is 14.9 Å². The topological polar surface area (TPSA) is 58.2 Å². The molecule has 1 aliphatic heterocycles. The first-order chi connectivity index (χ1) is 12.7. The van der Waals surface area contributed by atoms with Crippen LogP contribution < -0.4 is 0 Å². The first-order valence-electron chi connectivity index (χ1n) is 8.78. The fourth-order valence-corrected chi connectivity index (χ4v) is 3.41. The molecule has 1 atom stereocenters. The Morgan fingerprint density at radius 3 is 3.08 bits per heavy atom. The quantitative estimate of drug-likeness (QED) is 0.763. The Labute approximate surface area is 150 Å². The van der Waals surface area contributed by atoms with E-state index in [0.29, 0.717) is 24.3 Å². The highest BCUT2D eigenvalue weighted by Gasteiger charge is 2.25. The molecule has 3 heterocycles. The minimum Gasteiger partial charge on any atom is -0.376 e. The number of H-pyrrole nitrogens is 1. The second-order valence-electron chi connectivity index (χ2n) is 6.55. The molecular formula is C20H20FN3O2. The van der Waals surface area contributed by atoms with E-state index in [2.05, 4.69) is 9.97 Å². The molecule has 134 valence electrons. The number of benzene rings is 1. The van der Waals surface area contributed by atoms with Gasteiger partial charge in [0.2, 0.25) is 0 Å². The van der Waals surface area contributed by atoms with Gasteiger partial charge in [0.25, 0.3) is 5.91 Å². The summed E-state index contributed by atoms with van der Waals surface area (Å²) in [6.45, 7) is 1.55. The first-order valence-corrected chi connectivity index (χ1v) is 8.78. The SMILES string of the molecule is O=C(c1c[nH]c2ncccc12)N(Cc1cccc(F)c1)C[C@@H]1CCCO1. The van der Waals surface area contributed by atoms with Crippen LogP contribution in [0, 0.1) is 5.82 Å². The van der Waals surface area contributed by atoms with Crippen molar-refractivity contribution >= 4 is 16.9 Å². The highest BCUT2D eigenvalue weighted by molar-refractivity contribution is 6.05. The lowest BCUT2D eigenvalue weighted by Crippen LogP contribution is -2.36. The Morgan fingerprint density at radius 1 is 1.35 bits per heavy atom. The van der Waals surface area contributed by atoms with Crippen LogP contribution in [0.3, 0.4) is 0 Å². The van der Waals surface area contributed by atoms with E-state index in [1.54, 1.807) is 23.4 Å². The Hall–Kier alpha value is -2.73. The molecule has 1 amide bonds. The van der Waals surface area contributed by atoms with Crippen molar-refractivity contribution in [2.75, 3.05) is 13.2 Å². The maximum absolute atomic E-state index is 13.6. The molecule has 2 aromatic heterocycles. The molecule has 0 bridgehead atoms. The Morgan fingerprint density at radius 2 is 2.27 bits per heavy atom. The van der Waals surface area contributed by atoms with Gasteiger partial charge in [-0.2, -0.15) is 0 Å². The molecule has 0 aliphatic carbocycles. The monoisotopic (exact) mass is 353 g/mol. The summed E-state index contributed by atoms with van der Waals surface area (Å²) in [5, 5.41) is 0.786. The van der Waals surface area contributed by atoms with Gasteiger partial charge < -0.3 is 14.6 Å². The zero-order valence-electron chi connectivity index (χ0n) is 14.3. The van der Waals surface area contributed by atoms with Crippen LogP contribution in [0.2, 0.25) is 0 Å². The van der Waals surface area contributed by atoms with Crippen LogP contribution >= 0.6 is 0 Å². The van der Waals surface area contributed by atoms with E-state index in [-0.39, 0.29) is 17.8 Å². The summed E-state index contributed by atoms with van der Waals surface area (Å²) in [5.74, 6) is -0.410. The number of aromatic amines is 1. The zero-order chi connectivity index (χ0) is 17.9.